The molecule has 0 spiro atoms. The first-order valence-electron chi connectivity index (χ1n) is 7.39. The van der Waals surface area contributed by atoms with Crippen LogP contribution in [0, 0.1) is 5.92 Å². The highest BCUT2D eigenvalue weighted by Crippen LogP contribution is 2.31. The van der Waals surface area contributed by atoms with Gasteiger partial charge in [-0.2, -0.15) is 0 Å². The number of nitrogens with one attached hydrogen (secondary N) is 1. The van der Waals surface area contributed by atoms with Gasteiger partial charge in [0.1, 0.15) is 0 Å². The number of rotatable bonds is 5. The summed E-state index contributed by atoms with van der Waals surface area (Å²) < 4.78 is 0.827. The van der Waals surface area contributed by atoms with Crippen LogP contribution in [0.2, 0.25) is 0 Å². The minimum absolute atomic E-state index is 0.314. The van der Waals surface area contributed by atoms with E-state index in [2.05, 4.69) is 28.2 Å². The standard InChI is InChI=1S/C16H22BrNO2/c1-2-3-11-4-7-13(8-5-11)18-15-9-6-12(16(19)20)10-14(15)17/h6,9-11,13,18H,2-5,7-8H2,1H3,(H,19,20). The summed E-state index contributed by atoms with van der Waals surface area (Å²) in [4.78, 5) is 10.9. The fraction of sp³-hybridized carbons (Fsp3) is 0.562. The van der Waals surface area contributed by atoms with E-state index in [-0.39, 0.29) is 0 Å². The van der Waals surface area contributed by atoms with Gasteiger partial charge in [0.05, 0.1) is 5.56 Å². The van der Waals surface area contributed by atoms with E-state index in [1.807, 2.05) is 6.07 Å². The highest BCUT2D eigenvalue weighted by Gasteiger charge is 2.21. The Morgan fingerprint density at radius 2 is 2.05 bits per heavy atom. The molecule has 0 unspecified atom stereocenters. The second kappa shape index (κ2) is 7.11. The molecule has 4 heteroatoms. The molecule has 1 aromatic rings. The topological polar surface area (TPSA) is 49.3 Å². The van der Waals surface area contributed by atoms with Crippen LogP contribution in [-0.4, -0.2) is 17.1 Å². The number of carbonyl (C=O) groups is 1. The molecule has 0 aromatic heterocycles. The maximum absolute atomic E-state index is 10.9. The van der Waals surface area contributed by atoms with Gasteiger partial charge in [0.2, 0.25) is 0 Å². The summed E-state index contributed by atoms with van der Waals surface area (Å²) in [7, 11) is 0. The van der Waals surface area contributed by atoms with Gasteiger partial charge >= 0.3 is 5.97 Å². The second-order valence-electron chi connectivity index (χ2n) is 5.65. The third kappa shape index (κ3) is 3.98. The van der Waals surface area contributed by atoms with Gasteiger partial charge in [0.15, 0.2) is 0 Å². The van der Waals surface area contributed by atoms with Gasteiger partial charge in [-0.3, -0.25) is 0 Å². The number of anilines is 1. The lowest BCUT2D eigenvalue weighted by molar-refractivity contribution is 0.0697. The quantitative estimate of drug-likeness (QED) is 0.800. The van der Waals surface area contributed by atoms with Crippen molar-refractivity contribution in [3.63, 3.8) is 0 Å². The van der Waals surface area contributed by atoms with Gasteiger partial charge in [0, 0.05) is 16.2 Å². The number of carboxylic acid groups (broad SMARTS) is 1. The number of benzene rings is 1. The molecule has 2 rings (SSSR count). The van der Waals surface area contributed by atoms with E-state index < -0.39 is 5.97 Å². The van der Waals surface area contributed by atoms with Gasteiger partial charge in [-0.05, 0) is 65.7 Å². The minimum Gasteiger partial charge on any atom is -0.478 e. The normalized spacial score (nSPS) is 22.5. The Bertz CT molecular complexity index is 468. The lowest BCUT2D eigenvalue weighted by atomic mass is 9.83. The zero-order valence-electron chi connectivity index (χ0n) is 11.9. The van der Waals surface area contributed by atoms with Crippen LogP contribution in [0.25, 0.3) is 0 Å². The van der Waals surface area contributed by atoms with Gasteiger partial charge in [-0.25, -0.2) is 4.79 Å². The Balaban J connectivity index is 1.93. The molecule has 2 N–H and O–H groups in total. The Hall–Kier alpha value is -1.03. The van der Waals surface area contributed by atoms with E-state index in [0.717, 1.165) is 16.1 Å². The largest absolute Gasteiger partial charge is 0.478 e. The van der Waals surface area contributed by atoms with Crippen molar-refractivity contribution >= 4 is 27.6 Å². The summed E-state index contributed by atoms with van der Waals surface area (Å²) in [6, 6.07) is 5.67. The van der Waals surface area contributed by atoms with Gasteiger partial charge in [-0.15, -0.1) is 0 Å². The second-order valence-corrected chi connectivity index (χ2v) is 6.50. The van der Waals surface area contributed by atoms with E-state index in [9.17, 15) is 4.79 Å². The first-order chi connectivity index (χ1) is 9.60. The van der Waals surface area contributed by atoms with Crippen molar-refractivity contribution in [3.8, 4) is 0 Å². The van der Waals surface area contributed by atoms with Crippen LogP contribution in [0.1, 0.15) is 55.8 Å². The molecular formula is C16H22BrNO2. The highest BCUT2D eigenvalue weighted by atomic mass is 79.9. The molecule has 0 saturated heterocycles. The molecule has 3 nitrogen and oxygen atoms in total. The number of aromatic carboxylic acids is 1. The van der Waals surface area contributed by atoms with Crippen molar-refractivity contribution in [2.75, 3.05) is 5.32 Å². The number of hydrogen-bond acceptors (Lipinski definition) is 2. The molecule has 0 atom stereocenters. The number of halogens is 1. The minimum atomic E-state index is -0.891. The Morgan fingerprint density at radius 3 is 2.60 bits per heavy atom. The maximum atomic E-state index is 10.9. The Labute approximate surface area is 128 Å². The summed E-state index contributed by atoms with van der Waals surface area (Å²) in [5.41, 5.74) is 1.31. The summed E-state index contributed by atoms with van der Waals surface area (Å²) in [5, 5.41) is 12.5. The molecule has 1 fully saturated rings. The van der Waals surface area contributed by atoms with Gasteiger partial charge in [-0.1, -0.05) is 19.8 Å². The zero-order valence-corrected chi connectivity index (χ0v) is 13.4. The van der Waals surface area contributed by atoms with E-state index in [4.69, 9.17) is 5.11 Å². The van der Waals surface area contributed by atoms with Crippen molar-refractivity contribution < 1.29 is 9.90 Å². The van der Waals surface area contributed by atoms with Crippen molar-refractivity contribution in [2.24, 2.45) is 5.92 Å². The molecule has 110 valence electrons. The summed E-state index contributed by atoms with van der Waals surface area (Å²) >= 11 is 3.45. The van der Waals surface area contributed by atoms with Crippen molar-refractivity contribution in [1.82, 2.24) is 0 Å². The molecule has 0 aliphatic heterocycles. The highest BCUT2D eigenvalue weighted by molar-refractivity contribution is 9.10. The van der Waals surface area contributed by atoms with E-state index in [0.29, 0.717) is 11.6 Å². The van der Waals surface area contributed by atoms with Crippen LogP contribution in [0.15, 0.2) is 22.7 Å². The molecule has 0 radical (unpaired) electrons. The molecule has 1 aliphatic rings. The third-order valence-corrected chi connectivity index (χ3v) is 4.78. The third-order valence-electron chi connectivity index (χ3n) is 4.12. The lowest BCUT2D eigenvalue weighted by Crippen LogP contribution is -2.26. The molecule has 1 aromatic carbocycles. The molecular weight excluding hydrogens is 318 g/mol. The van der Waals surface area contributed by atoms with Crippen LogP contribution in [-0.2, 0) is 0 Å². The summed E-state index contributed by atoms with van der Waals surface area (Å²) in [6.45, 7) is 2.26. The first-order valence-corrected chi connectivity index (χ1v) is 8.18. The fourth-order valence-corrected chi connectivity index (χ4v) is 3.48. The summed E-state index contributed by atoms with van der Waals surface area (Å²) in [5.74, 6) is 0.00759. The maximum Gasteiger partial charge on any atom is 0.335 e. The SMILES string of the molecule is CCCC1CCC(Nc2ccc(C(=O)O)cc2Br)CC1. The van der Waals surface area contributed by atoms with E-state index in [1.54, 1.807) is 12.1 Å². The van der Waals surface area contributed by atoms with Crippen LogP contribution >= 0.6 is 15.9 Å². The van der Waals surface area contributed by atoms with Crippen molar-refractivity contribution in [2.45, 2.75) is 51.5 Å². The monoisotopic (exact) mass is 339 g/mol. The van der Waals surface area contributed by atoms with Crippen molar-refractivity contribution in [3.05, 3.63) is 28.2 Å². The molecule has 0 bridgehead atoms. The van der Waals surface area contributed by atoms with Crippen LogP contribution in [0.3, 0.4) is 0 Å². The first kappa shape index (κ1) is 15.4. The predicted molar refractivity (Wildman–Crippen MR) is 85.4 cm³/mol. The molecule has 1 aliphatic carbocycles. The average Bonchev–Trinajstić information content (AvgIpc) is 2.43. The van der Waals surface area contributed by atoms with Crippen molar-refractivity contribution in [1.29, 1.82) is 0 Å². The fourth-order valence-electron chi connectivity index (χ4n) is 2.99. The van der Waals surface area contributed by atoms with Crippen LogP contribution in [0.4, 0.5) is 5.69 Å². The smallest absolute Gasteiger partial charge is 0.335 e. The van der Waals surface area contributed by atoms with Crippen LogP contribution < -0.4 is 5.32 Å². The Kier molecular flexibility index (Phi) is 5.46. The average molecular weight is 340 g/mol. The zero-order chi connectivity index (χ0) is 14.5. The Morgan fingerprint density at radius 1 is 1.35 bits per heavy atom. The summed E-state index contributed by atoms with van der Waals surface area (Å²) in [6.07, 6.45) is 7.65. The molecule has 0 heterocycles. The number of carboxylic acids is 1. The number of hydrogen-bond donors (Lipinski definition) is 2. The van der Waals surface area contributed by atoms with Gasteiger partial charge in [0.25, 0.3) is 0 Å². The molecule has 0 amide bonds. The van der Waals surface area contributed by atoms with E-state index in [1.165, 1.54) is 38.5 Å². The molecule has 20 heavy (non-hydrogen) atoms. The predicted octanol–water partition coefficient (Wildman–Crippen LogP) is 4.92. The van der Waals surface area contributed by atoms with Crippen LogP contribution in [0.5, 0.6) is 0 Å². The molecule has 1 saturated carbocycles. The van der Waals surface area contributed by atoms with E-state index >= 15 is 0 Å². The lowest BCUT2D eigenvalue weighted by Gasteiger charge is -2.30. The van der Waals surface area contributed by atoms with Gasteiger partial charge < -0.3 is 10.4 Å².